The maximum Gasteiger partial charge on any atom is 0.306 e. The zero-order valence-electron chi connectivity index (χ0n) is 46.4. The fourth-order valence-electron chi connectivity index (χ4n) is 7.53. The van der Waals surface area contributed by atoms with Gasteiger partial charge >= 0.3 is 17.9 Å². The zero-order valence-corrected chi connectivity index (χ0v) is 46.4. The number of rotatable bonds is 51. The Labute approximate surface area is 443 Å². The Balaban J connectivity index is 4.18. The Hall–Kier alpha value is -4.45. The van der Waals surface area contributed by atoms with E-state index in [0.717, 1.165) is 154 Å². The van der Waals surface area contributed by atoms with Crippen LogP contribution in [0.5, 0.6) is 0 Å². The first-order valence-corrected chi connectivity index (χ1v) is 29.2. The van der Waals surface area contributed by atoms with Gasteiger partial charge in [0.05, 0.1) is 0 Å². The van der Waals surface area contributed by atoms with Crippen molar-refractivity contribution in [2.75, 3.05) is 13.2 Å². The first-order chi connectivity index (χ1) is 35.5. The van der Waals surface area contributed by atoms with E-state index in [1.807, 2.05) is 0 Å². The van der Waals surface area contributed by atoms with Crippen molar-refractivity contribution < 1.29 is 28.6 Å². The van der Waals surface area contributed by atoms with E-state index < -0.39 is 6.10 Å². The van der Waals surface area contributed by atoms with Gasteiger partial charge in [0.1, 0.15) is 13.2 Å². The van der Waals surface area contributed by atoms with Crippen molar-refractivity contribution in [3.05, 3.63) is 134 Å². The molecule has 0 aromatic heterocycles. The maximum atomic E-state index is 12.7. The van der Waals surface area contributed by atoms with Gasteiger partial charge < -0.3 is 14.2 Å². The van der Waals surface area contributed by atoms with Crippen molar-refractivity contribution in [3.8, 4) is 0 Å². The fraction of sp³-hybridized carbons (Fsp3) is 0.621. The molecule has 0 heterocycles. The van der Waals surface area contributed by atoms with Crippen molar-refractivity contribution >= 4 is 17.9 Å². The molecular weight excluding hydrogens is 889 g/mol. The Morgan fingerprint density at radius 3 is 0.917 bits per heavy atom. The number of hydrogen-bond donors (Lipinski definition) is 0. The lowest BCUT2D eigenvalue weighted by Gasteiger charge is -2.18. The summed E-state index contributed by atoms with van der Waals surface area (Å²) in [5.41, 5.74) is 0. The minimum atomic E-state index is -0.792. The SMILES string of the molecule is CC/C=C\C/C=C\C/C=C\C/C=C\C/C=C\C/C=C\C/C=C\C/C=C\C/C=C\C/C=C\CCCCCCC(=O)OCC(COC(=O)CCCCCCCCCCC)OC(=O)CCCCCCC/C=C\CCC. The molecule has 0 radical (unpaired) electrons. The van der Waals surface area contributed by atoms with Gasteiger partial charge in [-0.1, -0.05) is 244 Å². The Morgan fingerprint density at radius 2 is 0.569 bits per heavy atom. The van der Waals surface area contributed by atoms with E-state index in [-0.39, 0.29) is 31.1 Å². The molecule has 0 spiro atoms. The highest BCUT2D eigenvalue weighted by Gasteiger charge is 2.19. The summed E-state index contributed by atoms with van der Waals surface area (Å²) in [4.78, 5) is 37.9. The van der Waals surface area contributed by atoms with Crippen LogP contribution in [0.3, 0.4) is 0 Å². The lowest BCUT2D eigenvalue weighted by molar-refractivity contribution is -0.167. The zero-order chi connectivity index (χ0) is 52.2. The molecule has 72 heavy (non-hydrogen) atoms. The van der Waals surface area contributed by atoms with E-state index in [1.54, 1.807) is 0 Å². The van der Waals surface area contributed by atoms with Crippen LogP contribution in [0.4, 0.5) is 0 Å². The van der Waals surface area contributed by atoms with Crippen LogP contribution in [0.15, 0.2) is 134 Å². The monoisotopic (exact) mass is 995 g/mol. The number of hydrogen-bond acceptors (Lipinski definition) is 6. The molecule has 0 rings (SSSR count). The number of allylic oxidation sites excluding steroid dienone is 22. The largest absolute Gasteiger partial charge is 0.462 e. The van der Waals surface area contributed by atoms with E-state index in [0.29, 0.717) is 19.3 Å². The van der Waals surface area contributed by atoms with Gasteiger partial charge in [-0.2, -0.15) is 0 Å². The van der Waals surface area contributed by atoms with Crippen LogP contribution in [-0.2, 0) is 28.6 Å². The predicted octanol–water partition coefficient (Wildman–Crippen LogP) is 19.8. The van der Waals surface area contributed by atoms with E-state index in [9.17, 15) is 14.4 Å². The summed E-state index contributed by atoms with van der Waals surface area (Å²) in [7, 11) is 0. The molecule has 0 aromatic carbocycles. The number of esters is 3. The maximum absolute atomic E-state index is 12.7. The quantitative estimate of drug-likeness (QED) is 0.0261. The van der Waals surface area contributed by atoms with E-state index in [4.69, 9.17) is 14.2 Å². The lowest BCUT2D eigenvalue weighted by atomic mass is 10.1. The van der Waals surface area contributed by atoms with Gasteiger partial charge in [0.15, 0.2) is 6.10 Å². The van der Waals surface area contributed by atoms with Crippen LogP contribution in [0.25, 0.3) is 0 Å². The fourth-order valence-corrected chi connectivity index (χ4v) is 7.53. The normalized spacial score (nSPS) is 13.1. The average molecular weight is 996 g/mol. The molecule has 1 atom stereocenters. The van der Waals surface area contributed by atoms with Crippen molar-refractivity contribution in [3.63, 3.8) is 0 Å². The van der Waals surface area contributed by atoms with Crippen LogP contribution in [0.2, 0.25) is 0 Å². The highest BCUT2D eigenvalue weighted by molar-refractivity contribution is 5.71. The lowest BCUT2D eigenvalue weighted by Crippen LogP contribution is -2.30. The number of ether oxygens (including phenoxy) is 3. The van der Waals surface area contributed by atoms with Crippen LogP contribution < -0.4 is 0 Å². The molecule has 406 valence electrons. The summed E-state index contributed by atoms with van der Waals surface area (Å²) in [5, 5.41) is 0. The molecule has 0 aliphatic rings. The van der Waals surface area contributed by atoms with Crippen molar-refractivity contribution in [2.45, 2.75) is 252 Å². The van der Waals surface area contributed by atoms with Crippen LogP contribution in [0, 0.1) is 0 Å². The molecule has 0 saturated heterocycles. The number of carbonyl (C=O) groups is 3. The summed E-state index contributed by atoms with van der Waals surface area (Å²) >= 11 is 0. The summed E-state index contributed by atoms with van der Waals surface area (Å²) in [6, 6.07) is 0. The van der Waals surface area contributed by atoms with Gasteiger partial charge in [0, 0.05) is 19.3 Å². The van der Waals surface area contributed by atoms with E-state index >= 15 is 0 Å². The molecule has 0 aromatic rings. The van der Waals surface area contributed by atoms with Gasteiger partial charge in [-0.05, 0) is 116 Å². The average Bonchev–Trinajstić information content (AvgIpc) is 3.38. The van der Waals surface area contributed by atoms with E-state index in [1.165, 1.54) is 51.4 Å². The molecule has 6 heteroatoms. The molecule has 0 saturated carbocycles. The third-order valence-electron chi connectivity index (χ3n) is 11.9. The second-order valence-corrected chi connectivity index (χ2v) is 18.8. The third kappa shape index (κ3) is 56.5. The minimum absolute atomic E-state index is 0.0910. The molecule has 1 unspecified atom stereocenters. The van der Waals surface area contributed by atoms with Crippen molar-refractivity contribution in [1.82, 2.24) is 0 Å². The molecule has 0 aliphatic carbocycles. The smallest absolute Gasteiger partial charge is 0.306 e. The van der Waals surface area contributed by atoms with Gasteiger partial charge in [-0.3, -0.25) is 14.4 Å². The predicted molar refractivity (Wildman–Crippen MR) is 311 cm³/mol. The van der Waals surface area contributed by atoms with Gasteiger partial charge in [-0.15, -0.1) is 0 Å². The first kappa shape index (κ1) is 67.5. The molecule has 0 bridgehead atoms. The summed E-state index contributed by atoms with van der Waals surface area (Å²) in [5.74, 6) is -0.937. The molecular formula is C66H106O6. The highest BCUT2D eigenvalue weighted by Crippen LogP contribution is 2.14. The second-order valence-electron chi connectivity index (χ2n) is 18.8. The molecule has 0 aliphatic heterocycles. The minimum Gasteiger partial charge on any atom is -0.462 e. The van der Waals surface area contributed by atoms with Gasteiger partial charge in [-0.25, -0.2) is 0 Å². The van der Waals surface area contributed by atoms with Gasteiger partial charge in [0.2, 0.25) is 0 Å². The molecule has 6 nitrogen and oxygen atoms in total. The second kappa shape index (κ2) is 59.1. The highest BCUT2D eigenvalue weighted by atomic mass is 16.6. The van der Waals surface area contributed by atoms with Crippen molar-refractivity contribution in [2.24, 2.45) is 0 Å². The standard InChI is InChI=1S/C66H106O6/c1-4-7-10-13-16-19-21-22-23-24-25-26-27-28-29-30-31-32-33-34-35-36-37-38-39-40-41-42-43-44-45-48-50-53-56-59-65(68)71-62-63(61-70-64(67)58-55-52-49-46-18-15-12-9-6-3)72-66(69)60-57-54-51-47-20-17-14-11-8-5-2/h7,10-11,14,16,19,22-23,25-26,28-29,31-32,34-35,37-38,40-41,43-44,63H,4-6,8-9,12-13,15,17-18,20-21,24,27,30,33,36,39,42,45-62H2,1-3H3/b10-7-,14-11-,19-16-,23-22-,26-25-,29-28-,32-31-,35-34-,38-37-,41-40-,44-43-. The van der Waals surface area contributed by atoms with Gasteiger partial charge in [0.25, 0.3) is 0 Å². The topological polar surface area (TPSA) is 78.9 Å². The van der Waals surface area contributed by atoms with Crippen LogP contribution in [-0.4, -0.2) is 37.2 Å². The first-order valence-electron chi connectivity index (χ1n) is 29.2. The number of carbonyl (C=O) groups excluding carboxylic acids is 3. The summed E-state index contributed by atoms with van der Waals surface area (Å²) < 4.78 is 16.7. The third-order valence-corrected chi connectivity index (χ3v) is 11.9. The van der Waals surface area contributed by atoms with E-state index in [2.05, 4.69) is 154 Å². The summed E-state index contributed by atoms with van der Waals surface area (Å²) in [6.45, 7) is 6.40. The Kier molecular flexibility index (Phi) is 55.5. The molecule has 0 fully saturated rings. The Morgan fingerprint density at radius 1 is 0.292 bits per heavy atom. The van der Waals surface area contributed by atoms with Crippen LogP contribution >= 0.6 is 0 Å². The molecule has 0 amide bonds. The number of unbranched alkanes of at least 4 members (excludes halogenated alkanes) is 18. The summed E-state index contributed by atoms with van der Waals surface area (Å²) in [6.07, 6.45) is 83.3. The molecule has 0 N–H and O–H groups in total. The van der Waals surface area contributed by atoms with Crippen molar-refractivity contribution in [1.29, 1.82) is 0 Å². The Bertz CT molecular complexity index is 1560. The van der Waals surface area contributed by atoms with Crippen LogP contribution in [0.1, 0.15) is 245 Å².